The zero-order chi connectivity index (χ0) is 24.5. The van der Waals surface area contributed by atoms with Crippen LogP contribution in [0.3, 0.4) is 0 Å². The summed E-state index contributed by atoms with van der Waals surface area (Å²) in [4.78, 5) is 51.9. The lowest BCUT2D eigenvalue weighted by atomic mass is 9.98. The van der Waals surface area contributed by atoms with Gasteiger partial charge in [0.25, 0.3) is 5.91 Å². The number of sulfonamides is 1. The Morgan fingerprint density at radius 2 is 1.62 bits per heavy atom. The summed E-state index contributed by atoms with van der Waals surface area (Å²) in [6, 6.07) is 5.46. The molecule has 0 bridgehead atoms. The summed E-state index contributed by atoms with van der Waals surface area (Å²) < 4.78 is 27.1. The third-order valence-electron chi connectivity index (χ3n) is 6.97. The molecule has 2 aliphatic heterocycles. The molecule has 1 aromatic rings. The van der Waals surface area contributed by atoms with Crippen LogP contribution >= 0.6 is 0 Å². The van der Waals surface area contributed by atoms with Gasteiger partial charge in [0.05, 0.1) is 4.90 Å². The van der Waals surface area contributed by atoms with Crippen LogP contribution in [0.1, 0.15) is 55.8 Å². The van der Waals surface area contributed by atoms with Crippen LogP contribution in [0.5, 0.6) is 0 Å². The monoisotopic (exact) mass is 490 g/mol. The van der Waals surface area contributed by atoms with Gasteiger partial charge in [0.15, 0.2) is 5.78 Å². The minimum Gasteiger partial charge on any atom is -0.340 e. The molecule has 4 rings (SSSR count). The maximum atomic E-state index is 12.9. The zero-order valence-corrected chi connectivity index (χ0v) is 20.1. The molecule has 3 aliphatic rings. The number of Topliss-reactive ketones (excluding diaryl/α,β-unsaturated/α-hetero) is 1. The SMILES string of the molecule is CC(=O)c1ccc(S(=O)(=O)N2CCN(C(=O)CCCN3C(=O)NC4(CCCC4)C3=O)CC2)cc1. The smallest absolute Gasteiger partial charge is 0.325 e. The second-order valence-electron chi connectivity index (χ2n) is 9.15. The number of urea groups is 1. The predicted molar refractivity (Wildman–Crippen MR) is 122 cm³/mol. The number of hydrogen-bond acceptors (Lipinski definition) is 6. The van der Waals surface area contributed by atoms with E-state index in [0.717, 1.165) is 12.8 Å². The second kappa shape index (κ2) is 9.46. The summed E-state index contributed by atoms with van der Waals surface area (Å²) >= 11 is 0. The minimum atomic E-state index is -3.71. The first kappa shape index (κ1) is 24.3. The van der Waals surface area contributed by atoms with E-state index < -0.39 is 15.6 Å². The van der Waals surface area contributed by atoms with Crippen molar-refractivity contribution in [2.45, 2.75) is 55.9 Å². The van der Waals surface area contributed by atoms with Crippen molar-refractivity contribution in [2.75, 3.05) is 32.7 Å². The minimum absolute atomic E-state index is 0.117. The molecule has 0 radical (unpaired) electrons. The van der Waals surface area contributed by atoms with Gasteiger partial charge in [0.2, 0.25) is 15.9 Å². The predicted octanol–water partition coefficient (Wildman–Crippen LogP) is 1.37. The Morgan fingerprint density at radius 1 is 1.00 bits per heavy atom. The molecule has 2 heterocycles. The van der Waals surface area contributed by atoms with Crippen molar-refractivity contribution >= 4 is 33.7 Å². The highest BCUT2D eigenvalue weighted by Crippen LogP contribution is 2.35. The maximum Gasteiger partial charge on any atom is 0.325 e. The Bertz CT molecular complexity index is 1090. The number of nitrogens with one attached hydrogen (secondary N) is 1. The van der Waals surface area contributed by atoms with Crippen molar-refractivity contribution in [3.05, 3.63) is 29.8 Å². The molecular formula is C23H30N4O6S. The summed E-state index contributed by atoms with van der Waals surface area (Å²) in [5.74, 6) is -0.438. The number of hydrogen-bond donors (Lipinski definition) is 1. The van der Waals surface area contributed by atoms with E-state index in [2.05, 4.69) is 5.32 Å². The van der Waals surface area contributed by atoms with E-state index in [-0.39, 0.29) is 67.7 Å². The third-order valence-corrected chi connectivity index (χ3v) is 8.88. The molecule has 0 atom stereocenters. The van der Waals surface area contributed by atoms with E-state index in [1.165, 1.54) is 40.4 Å². The molecule has 1 N–H and O–H groups in total. The van der Waals surface area contributed by atoms with Crippen LogP contribution in [0, 0.1) is 0 Å². The lowest BCUT2D eigenvalue weighted by molar-refractivity contribution is -0.134. The van der Waals surface area contributed by atoms with E-state index in [1.807, 2.05) is 0 Å². The molecule has 1 saturated carbocycles. The van der Waals surface area contributed by atoms with Gasteiger partial charge in [-0.3, -0.25) is 19.3 Å². The number of piperazine rings is 1. The first-order valence-corrected chi connectivity index (χ1v) is 13.1. The Kier molecular flexibility index (Phi) is 6.77. The van der Waals surface area contributed by atoms with E-state index >= 15 is 0 Å². The van der Waals surface area contributed by atoms with Gasteiger partial charge in [0, 0.05) is 44.7 Å². The molecular weight excluding hydrogens is 460 g/mol. The van der Waals surface area contributed by atoms with E-state index in [0.29, 0.717) is 24.8 Å². The number of rotatable bonds is 7. The van der Waals surface area contributed by atoms with Gasteiger partial charge in [0.1, 0.15) is 5.54 Å². The number of carbonyl (C=O) groups excluding carboxylic acids is 4. The van der Waals surface area contributed by atoms with Crippen molar-refractivity contribution < 1.29 is 27.6 Å². The normalized spacial score (nSPS) is 20.7. The first-order valence-electron chi connectivity index (χ1n) is 11.7. The summed E-state index contributed by atoms with van der Waals surface area (Å²) in [6.45, 7) is 2.52. The number of ketones is 1. The number of imide groups is 1. The summed E-state index contributed by atoms with van der Waals surface area (Å²) in [6.07, 6.45) is 3.73. The summed E-state index contributed by atoms with van der Waals surface area (Å²) in [5.41, 5.74) is -0.296. The fourth-order valence-electron chi connectivity index (χ4n) is 4.93. The van der Waals surface area contributed by atoms with Gasteiger partial charge in [-0.25, -0.2) is 13.2 Å². The number of amides is 4. The lowest BCUT2D eigenvalue weighted by Gasteiger charge is -2.34. The first-order chi connectivity index (χ1) is 16.1. The summed E-state index contributed by atoms with van der Waals surface area (Å²) in [5, 5.41) is 2.83. The average Bonchev–Trinajstić information content (AvgIpc) is 3.39. The zero-order valence-electron chi connectivity index (χ0n) is 19.3. The van der Waals surface area contributed by atoms with Gasteiger partial charge >= 0.3 is 6.03 Å². The van der Waals surface area contributed by atoms with Crippen LogP contribution in [-0.4, -0.2) is 84.4 Å². The molecule has 184 valence electrons. The molecule has 2 saturated heterocycles. The molecule has 0 aromatic heterocycles. The highest BCUT2D eigenvalue weighted by atomic mass is 32.2. The van der Waals surface area contributed by atoms with Crippen LogP contribution in [0.15, 0.2) is 29.2 Å². The average molecular weight is 491 g/mol. The van der Waals surface area contributed by atoms with Gasteiger partial charge in [-0.1, -0.05) is 25.0 Å². The Labute approximate surface area is 199 Å². The fourth-order valence-corrected chi connectivity index (χ4v) is 6.35. The van der Waals surface area contributed by atoms with Gasteiger partial charge in [-0.05, 0) is 38.3 Å². The summed E-state index contributed by atoms with van der Waals surface area (Å²) in [7, 11) is -3.71. The van der Waals surface area contributed by atoms with Gasteiger partial charge < -0.3 is 10.2 Å². The Morgan fingerprint density at radius 3 is 2.21 bits per heavy atom. The molecule has 34 heavy (non-hydrogen) atoms. The molecule has 1 aliphatic carbocycles. The van der Waals surface area contributed by atoms with Crippen molar-refractivity contribution in [1.29, 1.82) is 0 Å². The number of benzene rings is 1. The highest BCUT2D eigenvalue weighted by Gasteiger charge is 2.52. The van der Waals surface area contributed by atoms with Crippen LogP contribution in [0.2, 0.25) is 0 Å². The molecule has 0 unspecified atom stereocenters. The standard InChI is InChI=1S/C23H30N4O6S/c1-17(28)18-6-8-19(9-7-18)34(32,33)26-15-13-25(14-16-26)20(29)5-4-12-27-21(30)23(24-22(27)31)10-2-3-11-23/h6-9H,2-5,10-16H2,1H3,(H,24,31). The van der Waals surface area contributed by atoms with Gasteiger partial charge in [-0.2, -0.15) is 4.31 Å². The largest absolute Gasteiger partial charge is 0.340 e. The lowest BCUT2D eigenvalue weighted by Crippen LogP contribution is -2.50. The fraction of sp³-hybridized carbons (Fsp3) is 0.565. The quantitative estimate of drug-likeness (QED) is 0.455. The molecule has 10 nitrogen and oxygen atoms in total. The molecule has 3 fully saturated rings. The number of nitrogens with zero attached hydrogens (tertiary/aromatic N) is 3. The molecule has 1 spiro atoms. The highest BCUT2D eigenvalue weighted by molar-refractivity contribution is 7.89. The van der Waals surface area contributed by atoms with Crippen LogP contribution in [0.25, 0.3) is 0 Å². The van der Waals surface area contributed by atoms with Gasteiger partial charge in [-0.15, -0.1) is 0 Å². The van der Waals surface area contributed by atoms with Crippen LogP contribution in [0.4, 0.5) is 4.79 Å². The number of carbonyl (C=O) groups is 4. The van der Waals surface area contributed by atoms with Crippen molar-refractivity contribution in [3.63, 3.8) is 0 Å². The van der Waals surface area contributed by atoms with E-state index in [4.69, 9.17) is 0 Å². The van der Waals surface area contributed by atoms with Crippen LogP contribution < -0.4 is 5.32 Å². The molecule has 4 amide bonds. The topological polar surface area (TPSA) is 124 Å². The Balaban J connectivity index is 1.25. The van der Waals surface area contributed by atoms with Crippen molar-refractivity contribution in [3.8, 4) is 0 Å². The van der Waals surface area contributed by atoms with E-state index in [1.54, 1.807) is 4.90 Å². The molecule has 1 aromatic carbocycles. The second-order valence-corrected chi connectivity index (χ2v) is 11.1. The van der Waals surface area contributed by atoms with Crippen LogP contribution in [-0.2, 0) is 19.6 Å². The Hall–Kier alpha value is -2.79. The maximum absolute atomic E-state index is 12.9. The van der Waals surface area contributed by atoms with Crippen molar-refractivity contribution in [1.82, 2.24) is 19.4 Å². The van der Waals surface area contributed by atoms with Crippen molar-refractivity contribution in [2.24, 2.45) is 0 Å². The third kappa shape index (κ3) is 4.58. The van der Waals surface area contributed by atoms with E-state index in [9.17, 15) is 27.6 Å². The molecule has 11 heteroatoms.